The molecule has 0 bridgehead atoms. The number of anilines is 1. The molecule has 1 aliphatic rings. The average molecular weight is 262 g/mol. The molecule has 2 aromatic rings. The molecule has 5 heteroatoms. The summed E-state index contributed by atoms with van der Waals surface area (Å²) in [4.78, 5) is 16.2. The number of halogens is 1. The van der Waals surface area contributed by atoms with Gasteiger partial charge in [-0.05, 0) is 37.1 Å². The molecule has 18 heavy (non-hydrogen) atoms. The van der Waals surface area contributed by atoms with Crippen LogP contribution in [-0.4, -0.2) is 10.9 Å². The average Bonchev–Trinajstić information content (AvgIpc) is 3.11. The number of hydrogen-bond donors (Lipinski definition) is 1. The predicted octanol–water partition coefficient (Wildman–Crippen LogP) is 3.41. The van der Waals surface area contributed by atoms with Gasteiger partial charge in [0, 0.05) is 16.9 Å². The summed E-state index contributed by atoms with van der Waals surface area (Å²) in [5, 5.41) is 5.31. The van der Waals surface area contributed by atoms with Gasteiger partial charge in [0.05, 0.1) is 5.69 Å². The van der Waals surface area contributed by atoms with Gasteiger partial charge < -0.3 is 0 Å². The molecule has 0 saturated heterocycles. The molecule has 3 nitrogen and oxygen atoms in total. The van der Waals surface area contributed by atoms with Crippen molar-refractivity contribution in [3.63, 3.8) is 0 Å². The monoisotopic (exact) mass is 262 g/mol. The van der Waals surface area contributed by atoms with Gasteiger partial charge in [-0.3, -0.25) is 10.1 Å². The van der Waals surface area contributed by atoms with Crippen molar-refractivity contribution in [1.82, 2.24) is 4.98 Å². The number of hydrogen-bond acceptors (Lipinski definition) is 3. The Morgan fingerprint density at radius 2 is 2.06 bits per heavy atom. The molecule has 1 heterocycles. The number of carbonyl (C=O) groups excluding carboxylic acids is 1. The van der Waals surface area contributed by atoms with Crippen LogP contribution in [0.25, 0.3) is 0 Å². The summed E-state index contributed by atoms with van der Waals surface area (Å²) in [5.74, 6) is -0.0266. The van der Waals surface area contributed by atoms with Crippen LogP contribution in [0.4, 0.5) is 9.52 Å². The molecule has 0 atom stereocenters. The number of amides is 1. The molecule has 1 aromatic carbocycles. The molecular weight excluding hydrogens is 251 g/mol. The van der Waals surface area contributed by atoms with Gasteiger partial charge in [0.15, 0.2) is 5.13 Å². The second-order valence-corrected chi connectivity index (χ2v) is 5.17. The Labute approximate surface area is 108 Å². The number of nitrogens with zero attached hydrogens (tertiary/aromatic N) is 1. The van der Waals surface area contributed by atoms with E-state index < -0.39 is 0 Å². The van der Waals surface area contributed by atoms with Crippen molar-refractivity contribution in [3.05, 3.63) is 46.7 Å². The Hall–Kier alpha value is -1.75. The molecule has 1 N–H and O–H groups in total. The Morgan fingerprint density at radius 1 is 1.33 bits per heavy atom. The summed E-state index contributed by atoms with van der Waals surface area (Å²) in [6.07, 6.45) is 2.38. The normalized spacial score (nSPS) is 14.5. The first-order chi connectivity index (χ1) is 8.72. The van der Waals surface area contributed by atoms with Gasteiger partial charge in [0.1, 0.15) is 5.82 Å². The molecule has 1 aliphatic carbocycles. The number of aromatic nitrogens is 1. The lowest BCUT2D eigenvalue weighted by Gasteiger charge is -2.01. The van der Waals surface area contributed by atoms with Crippen molar-refractivity contribution >= 4 is 22.4 Å². The first-order valence-corrected chi connectivity index (χ1v) is 6.63. The summed E-state index contributed by atoms with van der Waals surface area (Å²) < 4.78 is 12.7. The number of thiazole rings is 1. The Balaban J connectivity index is 1.70. The van der Waals surface area contributed by atoms with E-state index in [0.29, 0.717) is 16.6 Å². The maximum Gasteiger partial charge on any atom is 0.257 e. The van der Waals surface area contributed by atoms with Crippen molar-refractivity contribution in [3.8, 4) is 0 Å². The van der Waals surface area contributed by atoms with Crippen LogP contribution in [-0.2, 0) is 0 Å². The topological polar surface area (TPSA) is 42.0 Å². The zero-order chi connectivity index (χ0) is 12.5. The molecule has 0 radical (unpaired) electrons. The molecule has 0 spiro atoms. The largest absolute Gasteiger partial charge is 0.298 e. The van der Waals surface area contributed by atoms with Gasteiger partial charge in [-0.15, -0.1) is 11.3 Å². The molecule has 1 saturated carbocycles. The van der Waals surface area contributed by atoms with Crippen molar-refractivity contribution < 1.29 is 9.18 Å². The minimum Gasteiger partial charge on any atom is -0.298 e. The van der Waals surface area contributed by atoms with Gasteiger partial charge >= 0.3 is 0 Å². The highest BCUT2D eigenvalue weighted by molar-refractivity contribution is 7.14. The van der Waals surface area contributed by atoms with E-state index >= 15 is 0 Å². The first-order valence-electron chi connectivity index (χ1n) is 5.75. The van der Waals surface area contributed by atoms with Crippen molar-refractivity contribution in [2.45, 2.75) is 18.8 Å². The predicted molar refractivity (Wildman–Crippen MR) is 68.4 cm³/mol. The Morgan fingerprint density at radius 3 is 2.72 bits per heavy atom. The van der Waals surface area contributed by atoms with E-state index in [4.69, 9.17) is 0 Å². The fourth-order valence-corrected chi connectivity index (χ4v) is 2.47. The number of nitrogens with one attached hydrogen (secondary N) is 1. The highest BCUT2D eigenvalue weighted by atomic mass is 32.1. The SMILES string of the molecule is O=C(Nc1nc(C2CC2)cs1)c1ccc(F)cc1. The van der Waals surface area contributed by atoms with E-state index in [9.17, 15) is 9.18 Å². The van der Waals surface area contributed by atoms with Crippen LogP contribution in [0.5, 0.6) is 0 Å². The second kappa shape index (κ2) is 4.49. The van der Waals surface area contributed by atoms with Crippen LogP contribution < -0.4 is 5.32 Å². The van der Waals surface area contributed by atoms with E-state index in [2.05, 4.69) is 10.3 Å². The van der Waals surface area contributed by atoms with Crippen LogP contribution in [0.2, 0.25) is 0 Å². The standard InChI is InChI=1S/C13H11FN2OS/c14-10-5-3-9(4-6-10)12(17)16-13-15-11(7-18-13)8-1-2-8/h3-8H,1-2H2,(H,15,16,17). The minimum absolute atomic E-state index is 0.258. The smallest absolute Gasteiger partial charge is 0.257 e. The zero-order valence-electron chi connectivity index (χ0n) is 9.52. The quantitative estimate of drug-likeness (QED) is 0.921. The molecule has 1 amide bonds. The third-order valence-electron chi connectivity index (χ3n) is 2.84. The molecule has 92 valence electrons. The van der Waals surface area contributed by atoms with Crippen molar-refractivity contribution in [2.24, 2.45) is 0 Å². The van der Waals surface area contributed by atoms with Gasteiger partial charge in [0.2, 0.25) is 0 Å². The third kappa shape index (κ3) is 2.41. The zero-order valence-corrected chi connectivity index (χ0v) is 10.3. The lowest BCUT2D eigenvalue weighted by molar-refractivity contribution is 0.102. The first kappa shape index (κ1) is 11.3. The lowest BCUT2D eigenvalue weighted by Crippen LogP contribution is -2.11. The number of benzene rings is 1. The van der Waals surface area contributed by atoms with Gasteiger partial charge in [-0.2, -0.15) is 0 Å². The van der Waals surface area contributed by atoms with Gasteiger partial charge in [0.25, 0.3) is 5.91 Å². The lowest BCUT2D eigenvalue weighted by atomic mass is 10.2. The molecule has 0 aliphatic heterocycles. The maximum atomic E-state index is 12.7. The summed E-state index contributed by atoms with van der Waals surface area (Å²) in [6, 6.07) is 5.46. The van der Waals surface area contributed by atoms with Gasteiger partial charge in [-0.25, -0.2) is 9.37 Å². The van der Waals surface area contributed by atoms with E-state index in [1.165, 1.54) is 48.4 Å². The van der Waals surface area contributed by atoms with Crippen LogP contribution in [0.1, 0.15) is 34.8 Å². The highest BCUT2D eigenvalue weighted by Crippen LogP contribution is 2.40. The third-order valence-corrected chi connectivity index (χ3v) is 3.62. The van der Waals surface area contributed by atoms with Crippen LogP contribution >= 0.6 is 11.3 Å². The minimum atomic E-state index is -0.350. The van der Waals surface area contributed by atoms with Crippen molar-refractivity contribution in [1.29, 1.82) is 0 Å². The molecule has 3 rings (SSSR count). The molecule has 1 aromatic heterocycles. The fourth-order valence-electron chi connectivity index (χ4n) is 1.68. The summed E-state index contributed by atoms with van der Waals surface area (Å²) in [7, 11) is 0. The van der Waals surface area contributed by atoms with E-state index in [0.717, 1.165) is 5.69 Å². The van der Waals surface area contributed by atoms with Gasteiger partial charge in [-0.1, -0.05) is 0 Å². The highest BCUT2D eigenvalue weighted by Gasteiger charge is 2.26. The van der Waals surface area contributed by atoms with E-state index in [-0.39, 0.29) is 11.7 Å². The van der Waals surface area contributed by atoms with Crippen LogP contribution in [0.3, 0.4) is 0 Å². The Bertz CT molecular complexity index is 575. The fraction of sp³-hybridized carbons (Fsp3) is 0.231. The van der Waals surface area contributed by atoms with E-state index in [1.54, 1.807) is 0 Å². The maximum absolute atomic E-state index is 12.7. The Kier molecular flexibility index (Phi) is 2.83. The van der Waals surface area contributed by atoms with Crippen LogP contribution in [0.15, 0.2) is 29.6 Å². The molecule has 1 fully saturated rings. The summed E-state index contributed by atoms with van der Waals surface area (Å²) in [6.45, 7) is 0. The summed E-state index contributed by atoms with van der Waals surface area (Å²) in [5.41, 5.74) is 1.49. The second-order valence-electron chi connectivity index (χ2n) is 4.31. The molecule has 0 unspecified atom stereocenters. The summed E-state index contributed by atoms with van der Waals surface area (Å²) >= 11 is 1.43. The van der Waals surface area contributed by atoms with Crippen molar-refractivity contribution in [2.75, 3.05) is 5.32 Å². The van der Waals surface area contributed by atoms with Crippen LogP contribution in [0, 0.1) is 5.82 Å². The number of rotatable bonds is 3. The molecular formula is C13H11FN2OS. The van der Waals surface area contributed by atoms with E-state index in [1.807, 2.05) is 5.38 Å². The number of carbonyl (C=O) groups is 1.